The molecule has 0 aromatic rings. The lowest BCUT2D eigenvalue weighted by atomic mass is 9.64. The Kier molecular flexibility index (Phi) is 2.75. The van der Waals surface area contributed by atoms with E-state index in [0.717, 1.165) is 0 Å². The Balaban J connectivity index is 3.24. The maximum Gasteiger partial charge on any atom is 0.171 e. The first-order valence-electron chi connectivity index (χ1n) is 5.65. The summed E-state index contributed by atoms with van der Waals surface area (Å²) in [5.74, 6) is -1.96. The minimum Gasteiger partial charge on any atom is -0.365 e. The molecule has 1 aliphatic heterocycles. The molecule has 90 valence electrons. The van der Waals surface area contributed by atoms with Crippen LogP contribution >= 0.6 is 0 Å². The normalized spacial score (nSPS) is 39.0. The molecule has 0 saturated carbocycles. The van der Waals surface area contributed by atoms with Crippen molar-refractivity contribution in [3.63, 3.8) is 0 Å². The Labute approximate surface area is 93.1 Å². The molecule has 1 saturated heterocycles. The minimum absolute atomic E-state index is 0.182. The topological polar surface area (TPSA) is 43.7 Å². The van der Waals surface area contributed by atoms with Gasteiger partial charge in [-0.15, -0.1) is 0 Å². The first-order valence-corrected chi connectivity index (χ1v) is 5.65. The van der Waals surface area contributed by atoms with E-state index >= 15 is 0 Å². The number of rotatable bonds is 0. The molecule has 0 spiro atoms. The number of likely N-dealkylation sites (tertiary alicyclic amines) is 1. The second kappa shape index (κ2) is 3.19. The third kappa shape index (κ3) is 1.52. The third-order valence-electron chi connectivity index (χ3n) is 5.12. The molecule has 0 aromatic heterocycles. The van der Waals surface area contributed by atoms with Crippen molar-refractivity contribution in [1.29, 1.82) is 0 Å². The standard InChI is InChI=1S/C12H25NO2/c1-8-10(3,4)13(7)11(5,6)9(2)12(8,14)15/h8-9,14-15H,1-7H3. The van der Waals surface area contributed by atoms with Gasteiger partial charge >= 0.3 is 0 Å². The lowest BCUT2D eigenvalue weighted by Gasteiger charge is -2.62. The van der Waals surface area contributed by atoms with Gasteiger partial charge in [-0.3, -0.25) is 4.90 Å². The molecule has 2 atom stereocenters. The number of piperidine rings is 1. The van der Waals surface area contributed by atoms with E-state index in [1.807, 2.05) is 13.8 Å². The highest BCUT2D eigenvalue weighted by Gasteiger charge is 2.59. The lowest BCUT2D eigenvalue weighted by Crippen LogP contribution is -2.73. The van der Waals surface area contributed by atoms with E-state index in [1.165, 1.54) is 0 Å². The van der Waals surface area contributed by atoms with E-state index in [2.05, 4.69) is 39.6 Å². The quantitative estimate of drug-likeness (QED) is 0.601. The Morgan fingerprint density at radius 2 is 1.13 bits per heavy atom. The average molecular weight is 215 g/mol. The third-order valence-corrected chi connectivity index (χ3v) is 5.12. The Bertz CT molecular complexity index is 198. The molecule has 3 nitrogen and oxygen atoms in total. The number of hydrogen-bond donors (Lipinski definition) is 2. The van der Waals surface area contributed by atoms with Gasteiger partial charge in [0.15, 0.2) is 5.79 Å². The monoisotopic (exact) mass is 215 g/mol. The van der Waals surface area contributed by atoms with Crippen molar-refractivity contribution in [2.24, 2.45) is 11.8 Å². The van der Waals surface area contributed by atoms with E-state index < -0.39 is 5.79 Å². The van der Waals surface area contributed by atoms with E-state index in [-0.39, 0.29) is 22.9 Å². The van der Waals surface area contributed by atoms with Crippen LogP contribution in [0.25, 0.3) is 0 Å². The van der Waals surface area contributed by atoms with Gasteiger partial charge in [-0.2, -0.15) is 0 Å². The zero-order chi connectivity index (χ0) is 12.2. The molecule has 0 aliphatic carbocycles. The van der Waals surface area contributed by atoms with Crippen LogP contribution in [-0.4, -0.2) is 39.0 Å². The van der Waals surface area contributed by atoms with Crippen LogP contribution in [0.15, 0.2) is 0 Å². The second-order valence-electron chi connectivity index (χ2n) is 6.09. The molecule has 2 unspecified atom stereocenters. The highest BCUT2D eigenvalue weighted by molar-refractivity contribution is 5.08. The van der Waals surface area contributed by atoms with Crippen LogP contribution in [0, 0.1) is 11.8 Å². The van der Waals surface area contributed by atoms with Crippen LogP contribution in [0.2, 0.25) is 0 Å². The molecule has 0 aromatic carbocycles. The Morgan fingerprint density at radius 1 is 0.867 bits per heavy atom. The van der Waals surface area contributed by atoms with Crippen LogP contribution in [0.3, 0.4) is 0 Å². The van der Waals surface area contributed by atoms with Crippen molar-refractivity contribution in [3.05, 3.63) is 0 Å². The maximum absolute atomic E-state index is 10.2. The molecule has 1 aliphatic rings. The Hall–Kier alpha value is -0.120. The summed E-state index contributed by atoms with van der Waals surface area (Å²) in [7, 11) is 2.06. The number of nitrogens with zero attached hydrogens (tertiary/aromatic N) is 1. The van der Waals surface area contributed by atoms with E-state index in [4.69, 9.17) is 0 Å². The summed E-state index contributed by atoms with van der Waals surface area (Å²) < 4.78 is 0. The zero-order valence-corrected chi connectivity index (χ0v) is 11.0. The second-order valence-corrected chi connectivity index (χ2v) is 6.09. The van der Waals surface area contributed by atoms with Crippen molar-refractivity contribution in [2.45, 2.75) is 58.4 Å². The molecule has 1 fully saturated rings. The van der Waals surface area contributed by atoms with Crippen LogP contribution < -0.4 is 0 Å². The number of hydrogen-bond acceptors (Lipinski definition) is 3. The Morgan fingerprint density at radius 3 is 1.40 bits per heavy atom. The van der Waals surface area contributed by atoms with Gasteiger partial charge in [0.05, 0.1) is 0 Å². The zero-order valence-electron chi connectivity index (χ0n) is 11.0. The number of aliphatic hydroxyl groups is 2. The summed E-state index contributed by atoms with van der Waals surface area (Å²) in [6.07, 6.45) is 0. The van der Waals surface area contributed by atoms with Crippen LogP contribution in [-0.2, 0) is 0 Å². The van der Waals surface area contributed by atoms with Crippen molar-refractivity contribution in [1.82, 2.24) is 4.90 Å². The van der Waals surface area contributed by atoms with Crippen molar-refractivity contribution < 1.29 is 10.2 Å². The smallest absolute Gasteiger partial charge is 0.171 e. The summed E-state index contributed by atoms with van der Waals surface area (Å²) in [5, 5.41) is 20.5. The van der Waals surface area contributed by atoms with Gasteiger partial charge in [0.2, 0.25) is 0 Å². The lowest BCUT2D eigenvalue weighted by molar-refractivity contribution is -0.306. The van der Waals surface area contributed by atoms with Gasteiger partial charge < -0.3 is 10.2 Å². The molecule has 15 heavy (non-hydrogen) atoms. The fourth-order valence-electron chi connectivity index (χ4n) is 2.74. The van der Waals surface area contributed by atoms with Crippen LogP contribution in [0.4, 0.5) is 0 Å². The first kappa shape index (κ1) is 12.9. The van der Waals surface area contributed by atoms with E-state index in [9.17, 15) is 10.2 Å². The van der Waals surface area contributed by atoms with Crippen molar-refractivity contribution in [2.75, 3.05) is 7.05 Å². The summed E-state index contributed by atoms with van der Waals surface area (Å²) in [6, 6.07) is 0. The maximum atomic E-state index is 10.2. The van der Waals surface area contributed by atoms with Gasteiger partial charge in [0.25, 0.3) is 0 Å². The molecule has 0 bridgehead atoms. The van der Waals surface area contributed by atoms with Gasteiger partial charge in [-0.25, -0.2) is 0 Å². The van der Waals surface area contributed by atoms with Crippen molar-refractivity contribution in [3.8, 4) is 0 Å². The summed E-state index contributed by atoms with van der Waals surface area (Å²) >= 11 is 0. The van der Waals surface area contributed by atoms with Crippen molar-refractivity contribution >= 4 is 0 Å². The fraction of sp³-hybridized carbons (Fsp3) is 1.00. The summed E-state index contributed by atoms with van der Waals surface area (Å²) in [5.41, 5.74) is -0.445. The highest BCUT2D eigenvalue weighted by Crippen LogP contribution is 2.48. The molecule has 0 radical (unpaired) electrons. The predicted molar refractivity (Wildman–Crippen MR) is 61.4 cm³/mol. The van der Waals surface area contributed by atoms with Gasteiger partial charge in [0, 0.05) is 22.9 Å². The van der Waals surface area contributed by atoms with E-state index in [0.29, 0.717) is 0 Å². The molecular formula is C12H25NO2. The molecular weight excluding hydrogens is 190 g/mol. The van der Waals surface area contributed by atoms with Gasteiger partial charge in [-0.05, 0) is 34.7 Å². The average Bonchev–Trinajstić information content (AvgIpc) is 2.12. The summed E-state index contributed by atoms with van der Waals surface area (Å²) in [6.45, 7) is 12.1. The molecule has 0 amide bonds. The predicted octanol–water partition coefficient (Wildman–Crippen LogP) is 1.44. The first-order chi connectivity index (χ1) is 6.46. The van der Waals surface area contributed by atoms with Crippen LogP contribution in [0.1, 0.15) is 41.5 Å². The highest BCUT2D eigenvalue weighted by atomic mass is 16.5. The minimum atomic E-state index is -1.60. The molecule has 3 heteroatoms. The molecule has 1 rings (SSSR count). The summed E-state index contributed by atoms with van der Waals surface area (Å²) in [4.78, 5) is 2.25. The molecule has 2 N–H and O–H groups in total. The largest absolute Gasteiger partial charge is 0.365 e. The van der Waals surface area contributed by atoms with Gasteiger partial charge in [0.1, 0.15) is 0 Å². The SMILES string of the molecule is CC1C(O)(O)C(C)C(C)(C)N(C)C1(C)C. The fourth-order valence-corrected chi connectivity index (χ4v) is 2.74. The van der Waals surface area contributed by atoms with Gasteiger partial charge in [-0.1, -0.05) is 13.8 Å². The van der Waals surface area contributed by atoms with E-state index in [1.54, 1.807) is 0 Å². The molecule has 1 heterocycles. The van der Waals surface area contributed by atoms with Crippen LogP contribution in [0.5, 0.6) is 0 Å².